The molecule has 0 saturated carbocycles. The minimum Gasteiger partial charge on any atom is -0.491 e. The van der Waals surface area contributed by atoms with Gasteiger partial charge in [-0.25, -0.2) is 0 Å². The van der Waals surface area contributed by atoms with Crippen molar-refractivity contribution in [3.63, 3.8) is 0 Å². The fraction of sp³-hybridized carbons (Fsp3) is 0.455. The first-order chi connectivity index (χ1) is 8.08. The first-order valence-corrected chi connectivity index (χ1v) is 6.88. The summed E-state index contributed by atoms with van der Waals surface area (Å²) in [7, 11) is 0. The molecule has 3 nitrogen and oxygen atoms in total. The van der Waals surface area contributed by atoms with Crippen LogP contribution in [0, 0.1) is 0 Å². The predicted molar refractivity (Wildman–Crippen MR) is 75.5 cm³/mol. The molecular formula is C11H14BrCl2NO2. The summed E-state index contributed by atoms with van der Waals surface area (Å²) >= 11 is 14.9. The summed E-state index contributed by atoms with van der Waals surface area (Å²) in [5, 5.41) is 13.0. The van der Waals surface area contributed by atoms with Crippen LogP contribution >= 0.6 is 39.1 Å². The lowest BCUT2D eigenvalue weighted by molar-refractivity contribution is 0.211. The minimum absolute atomic E-state index is 0.179. The third-order valence-corrected chi connectivity index (χ3v) is 3.17. The first kappa shape index (κ1) is 14.9. The van der Waals surface area contributed by atoms with E-state index < -0.39 is 6.10 Å². The molecule has 17 heavy (non-hydrogen) atoms. The Hall–Kier alpha value is -0.160. The van der Waals surface area contributed by atoms with E-state index in [4.69, 9.17) is 27.9 Å². The van der Waals surface area contributed by atoms with Crippen LogP contribution in [0.3, 0.4) is 0 Å². The number of nitrogens with one attached hydrogen (secondary N) is 1. The highest BCUT2D eigenvalue weighted by molar-refractivity contribution is 9.10. The first-order valence-electron chi connectivity index (χ1n) is 5.18. The molecule has 0 aliphatic heterocycles. The zero-order valence-corrected chi connectivity index (χ0v) is 12.4. The number of rotatable bonds is 6. The molecule has 1 atom stereocenters. The van der Waals surface area contributed by atoms with Crippen LogP contribution in [0.4, 0.5) is 5.69 Å². The Bertz CT molecular complexity index is 377. The van der Waals surface area contributed by atoms with Crippen molar-refractivity contribution < 1.29 is 9.84 Å². The number of alkyl halides is 1. The molecule has 0 saturated heterocycles. The van der Waals surface area contributed by atoms with Crippen LogP contribution in [0.15, 0.2) is 16.6 Å². The summed E-state index contributed by atoms with van der Waals surface area (Å²) in [5.74, 6) is 0.859. The number of hydrogen-bond acceptors (Lipinski definition) is 3. The molecule has 96 valence electrons. The smallest absolute Gasteiger partial charge is 0.156 e. The predicted octanol–water partition coefficient (Wildman–Crippen LogP) is 3.51. The van der Waals surface area contributed by atoms with E-state index in [0.29, 0.717) is 23.9 Å². The number of aliphatic hydroxyl groups excluding tert-OH is 1. The summed E-state index contributed by atoms with van der Waals surface area (Å²) in [6.07, 6.45) is -0.607. The van der Waals surface area contributed by atoms with Gasteiger partial charge < -0.3 is 15.2 Å². The van der Waals surface area contributed by atoms with Gasteiger partial charge in [-0.05, 0) is 35.0 Å². The SMILES string of the molecule is CCOc1c(Br)cc(Cl)cc1NCC(O)CCl. The zero-order valence-electron chi connectivity index (χ0n) is 9.34. The fourth-order valence-corrected chi connectivity index (χ4v) is 2.30. The maximum absolute atomic E-state index is 9.40. The Kier molecular flexibility index (Phi) is 6.41. The van der Waals surface area contributed by atoms with Crippen molar-refractivity contribution in [1.82, 2.24) is 0 Å². The molecule has 0 aliphatic carbocycles. The normalized spacial score (nSPS) is 12.3. The lowest BCUT2D eigenvalue weighted by atomic mass is 10.2. The Morgan fingerprint density at radius 2 is 2.24 bits per heavy atom. The van der Waals surface area contributed by atoms with Crippen molar-refractivity contribution in [1.29, 1.82) is 0 Å². The van der Waals surface area contributed by atoms with Gasteiger partial charge in [0.25, 0.3) is 0 Å². The van der Waals surface area contributed by atoms with E-state index in [1.165, 1.54) is 0 Å². The van der Waals surface area contributed by atoms with E-state index in [2.05, 4.69) is 21.2 Å². The summed E-state index contributed by atoms with van der Waals surface area (Å²) in [4.78, 5) is 0. The number of halogens is 3. The molecule has 0 radical (unpaired) electrons. The molecule has 1 aromatic carbocycles. The molecule has 0 aliphatic rings. The lowest BCUT2D eigenvalue weighted by Crippen LogP contribution is -2.21. The summed E-state index contributed by atoms with van der Waals surface area (Å²) in [5.41, 5.74) is 0.732. The van der Waals surface area contributed by atoms with E-state index >= 15 is 0 Å². The molecule has 1 rings (SSSR count). The Morgan fingerprint density at radius 3 is 2.82 bits per heavy atom. The molecule has 1 unspecified atom stereocenters. The quantitative estimate of drug-likeness (QED) is 0.777. The largest absolute Gasteiger partial charge is 0.491 e. The standard InChI is InChI=1S/C11H14BrCl2NO2/c1-2-17-11-9(12)3-7(14)4-10(11)15-6-8(16)5-13/h3-4,8,15-16H,2,5-6H2,1H3. The van der Waals surface area contributed by atoms with Crippen molar-refractivity contribution >= 4 is 44.8 Å². The molecule has 0 bridgehead atoms. The van der Waals surface area contributed by atoms with Gasteiger partial charge in [0.1, 0.15) is 0 Å². The summed E-state index contributed by atoms with van der Waals surface area (Å²) < 4.78 is 6.28. The molecule has 6 heteroatoms. The van der Waals surface area contributed by atoms with Crippen molar-refractivity contribution in [2.24, 2.45) is 0 Å². The third-order valence-electron chi connectivity index (χ3n) is 2.00. The third kappa shape index (κ3) is 4.54. The van der Waals surface area contributed by atoms with Gasteiger partial charge in [0.15, 0.2) is 5.75 Å². The highest BCUT2D eigenvalue weighted by Crippen LogP contribution is 2.36. The average molecular weight is 343 g/mol. The van der Waals surface area contributed by atoms with E-state index in [-0.39, 0.29) is 5.88 Å². The Labute approximate surface area is 119 Å². The molecule has 0 aromatic heterocycles. The van der Waals surface area contributed by atoms with Crippen LogP contribution in [0.5, 0.6) is 5.75 Å². The molecule has 0 amide bonds. The molecule has 0 heterocycles. The fourth-order valence-electron chi connectivity index (χ4n) is 1.27. The maximum Gasteiger partial charge on any atom is 0.156 e. The number of ether oxygens (including phenoxy) is 1. The molecule has 1 aromatic rings. The number of benzene rings is 1. The van der Waals surface area contributed by atoms with Gasteiger partial charge in [-0.3, -0.25) is 0 Å². The van der Waals surface area contributed by atoms with Gasteiger partial charge in [-0.1, -0.05) is 11.6 Å². The number of aliphatic hydroxyl groups is 1. The van der Waals surface area contributed by atoms with Crippen molar-refractivity contribution in [3.05, 3.63) is 21.6 Å². The second-order valence-electron chi connectivity index (χ2n) is 3.39. The average Bonchev–Trinajstić information content (AvgIpc) is 2.29. The lowest BCUT2D eigenvalue weighted by Gasteiger charge is -2.16. The highest BCUT2D eigenvalue weighted by Gasteiger charge is 2.11. The highest BCUT2D eigenvalue weighted by atomic mass is 79.9. The topological polar surface area (TPSA) is 41.5 Å². The Morgan fingerprint density at radius 1 is 1.53 bits per heavy atom. The van der Waals surface area contributed by atoms with Gasteiger partial charge in [0.05, 0.1) is 28.8 Å². The van der Waals surface area contributed by atoms with Gasteiger partial charge in [0.2, 0.25) is 0 Å². The molecule has 0 fully saturated rings. The van der Waals surface area contributed by atoms with Crippen molar-refractivity contribution in [2.75, 3.05) is 24.3 Å². The van der Waals surface area contributed by atoms with Crippen molar-refractivity contribution in [3.8, 4) is 5.75 Å². The van der Waals surface area contributed by atoms with E-state index in [1.54, 1.807) is 12.1 Å². The van der Waals surface area contributed by atoms with E-state index in [9.17, 15) is 5.11 Å². The molecule has 0 spiro atoms. The van der Waals surface area contributed by atoms with Crippen LogP contribution < -0.4 is 10.1 Å². The van der Waals surface area contributed by atoms with Crippen LogP contribution in [-0.4, -0.2) is 30.2 Å². The zero-order chi connectivity index (χ0) is 12.8. The number of anilines is 1. The number of hydrogen-bond donors (Lipinski definition) is 2. The van der Waals surface area contributed by atoms with E-state index in [1.807, 2.05) is 6.92 Å². The van der Waals surface area contributed by atoms with Crippen LogP contribution in [0.2, 0.25) is 5.02 Å². The Balaban J connectivity index is 2.87. The molecular weight excluding hydrogens is 329 g/mol. The molecule has 2 N–H and O–H groups in total. The van der Waals surface area contributed by atoms with Gasteiger partial charge in [-0.2, -0.15) is 0 Å². The van der Waals surface area contributed by atoms with Gasteiger partial charge >= 0.3 is 0 Å². The van der Waals surface area contributed by atoms with Crippen LogP contribution in [0.1, 0.15) is 6.92 Å². The van der Waals surface area contributed by atoms with Gasteiger partial charge in [-0.15, -0.1) is 11.6 Å². The van der Waals surface area contributed by atoms with Gasteiger partial charge in [0, 0.05) is 11.6 Å². The second kappa shape index (κ2) is 7.31. The summed E-state index contributed by atoms with van der Waals surface area (Å²) in [6.45, 7) is 2.79. The monoisotopic (exact) mass is 341 g/mol. The maximum atomic E-state index is 9.40. The second-order valence-corrected chi connectivity index (χ2v) is 4.99. The van der Waals surface area contributed by atoms with Crippen LogP contribution in [-0.2, 0) is 0 Å². The van der Waals surface area contributed by atoms with Crippen LogP contribution in [0.25, 0.3) is 0 Å². The van der Waals surface area contributed by atoms with Crippen molar-refractivity contribution in [2.45, 2.75) is 13.0 Å². The van der Waals surface area contributed by atoms with E-state index in [0.717, 1.165) is 10.2 Å². The minimum atomic E-state index is -0.607. The summed E-state index contributed by atoms with van der Waals surface area (Å²) in [6, 6.07) is 3.51.